The minimum atomic E-state index is 0.633. The first-order valence-corrected chi connectivity index (χ1v) is 8.01. The first kappa shape index (κ1) is 15.7. The topological polar surface area (TPSA) is 15.3 Å². The second kappa shape index (κ2) is 8.68. The van der Waals surface area contributed by atoms with Gasteiger partial charge in [-0.1, -0.05) is 13.8 Å². The fraction of sp³-hybridized carbons (Fsp3) is 0.733. The van der Waals surface area contributed by atoms with Gasteiger partial charge in [0.05, 0.1) is 0 Å². The highest BCUT2D eigenvalue weighted by Gasteiger charge is 2.10. The Morgan fingerprint density at radius 2 is 1.89 bits per heavy atom. The number of thiophene rings is 1. The molecule has 0 radical (unpaired) electrons. The zero-order chi connectivity index (χ0) is 13.4. The van der Waals surface area contributed by atoms with Crippen LogP contribution in [-0.4, -0.2) is 24.0 Å². The normalized spacial score (nSPS) is 11.7. The maximum atomic E-state index is 3.46. The standard InChI is InChI=1S/C15H28N2S/c1-5-9-16-11-14-7-8-15(18-14)12-17(10-6-2)13(3)4/h7-8,13,16H,5-6,9-12H2,1-4H3. The van der Waals surface area contributed by atoms with Crippen LogP contribution in [0.1, 0.15) is 50.3 Å². The van der Waals surface area contributed by atoms with Crippen molar-refractivity contribution in [2.75, 3.05) is 13.1 Å². The smallest absolute Gasteiger partial charge is 0.0330 e. The summed E-state index contributed by atoms with van der Waals surface area (Å²) >= 11 is 1.95. The number of nitrogens with one attached hydrogen (secondary N) is 1. The van der Waals surface area contributed by atoms with Crippen molar-refractivity contribution >= 4 is 11.3 Å². The molecule has 1 aromatic rings. The third kappa shape index (κ3) is 5.51. The van der Waals surface area contributed by atoms with Crippen LogP contribution in [-0.2, 0) is 13.1 Å². The van der Waals surface area contributed by atoms with E-state index in [0.717, 1.165) is 19.6 Å². The Morgan fingerprint density at radius 3 is 2.50 bits per heavy atom. The SMILES string of the molecule is CCCNCc1ccc(CN(CCC)C(C)C)s1. The monoisotopic (exact) mass is 268 g/mol. The molecule has 0 aliphatic carbocycles. The molecule has 0 saturated heterocycles. The summed E-state index contributed by atoms with van der Waals surface area (Å²) in [5.41, 5.74) is 0. The number of hydrogen-bond donors (Lipinski definition) is 1. The highest BCUT2D eigenvalue weighted by molar-refractivity contribution is 7.11. The molecule has 3 heteroatoms. The van der Waals surface area contributed by atoms with Gasteiger partial charge in [-0.2, -0.15) is 0 Å². The van der Waals surface area contributed by atoms with Crippen LogP contribution < -0.4 is 5.32 Å². The second-order valence-corrected chi connectivity index (χ2v) is 6.36. The van der Waals surface area contributed by atoms with Gasteiger partial charge in [0.1, 0.15) is 0 Å². The lowest BCUT2D eigenvalue weighted by atomic mass is 10.2. The predicted octanol–water partition coefficient (Wildman–Crippen LogP) is 3.87. The van der Waals surface area contributed by atoms with Crippen molar-refractivity contribution in [2.24, 2.45) is 0 Å². The lowest BCUT2D eigenvalue weighted by Gasteiger charge is -2.25. The average molecular weight is 268 g/mol. The number of rotatable bonds is 9. The Kier molecular flexibility index (Phi) is 7.56. The van der Waals surface area contributed by atoms with Gasteiger partial charge in [-0.15, -0.1) is 11.3 Å². The predicted molar refractivity (Wildman–Crippen MR) is 82.2 cm³/mol. The van der Waals surface area contributed by atoms with Crippen molar-refractivity contribution in [1.29, 1.82) is 0 Å². The molecule has 1 rings (SSSR count). The Bertz CT molecular complexity index is 320. The Labute approximate surface area is 116 Å². The summed E-state index contributed by atoms with van der Waals surface area (Å²) in [7, 11) is 0. The molecule has 1 N–H and O–H groups in total. The number of hydrogen-bond acceptors (Lipinski definition) is 3. The molecule has 0 atom stereocenters. The van der Waals surface area contributed by atoms with Gasteiger partial charge in [-0.05, 0) is 51.9 Å². The maximum absolute atomic E-state index is 3.46. The fourth-order valence-corrected chi connectivity index (χ4v) is 3.01. The minimum absolute atomic E-state index is 0.633. The van der Waals surface area contributed by atoms with E-state index in [0.29, 0.717) is 6.04 Å². The van der Waals surface area contributed by atoms with Crippen LogP contribution in [0.2, 0.25) is 0 Å². The van der Waals surface area contributed by atoms with Crippen molar-refractivity contribution in [2.45, 2.75) is 59.7 Å². The molecule has 0 spiro atoms. The molecule has 0 bridgehead atoms. The molecule has 0 aromatic carbocycles. The van der Waals surface area contributed by atoms with Gasteiger partial charge in [-0.25, -0.2) is 0 Å². The average Bonchev–Trinajstić information content (AvgIpc) is 2.76. The van der Waals surface area contributed by atoms with Gasteiger partial charge in [0.25, 0.3) is 0 Å². The largest absolute Gasteiger partial charge is 0.312 e. The number of nitrogens with zero attached hydrogens (tertiary/aromatic N) is 1. The van der Waals surface area contributed by atoms with E-state index in [1.54, 1.807) is 0 Å². The quantitative estimate of drug-likeness (QED) is 0.684. The molecule has 1 heterocycles. The molecule has 104 valence electrons. The molecule has 0 aliphatic heterocycles. The maximum Gasteiger partial charge on any atom is 0.0330 e. The molecular formula is C15H28N2S. The molecule has 0 unspecified atom stereocenters. The first-order valence-electron chi connectivity index (χ1n) is 7.19. The van der Waals surface area contributed by atoms with Crippen LogP contribution in [0.5, 0.6) is 0 Å². The summed E-state index contributed by atoms with van der Waals surface area (Å²) in [4.78, 5) is 5.50. The summed E-state index contributed by atoms with van der Waals surface area (Å²) in [5, 5.41) is 3.46. The van der Waals surface area contributed by atoms with E-state index >= 15 is 0 Å². The minimum Gasteiger partial charge on any atom is -0.312 e. The third-order valence-electron chi connectivity index (χ3n) is 3.04. The van der Waals surface area contributed by atoms with E-state index in [1.807, 2.05) is 11.3 Å². The lowest BCUT2D eigenvalue weighted by molar-refractivity contribution is 0.215. The Morgan fingerprint density at radius 1 is 1.17 bits per heavy atom. The van der Waals surface area contributed by atoms with Crippen LogP contribution in [0.15, 0.2) is 12.1 Å². The highest BCUT2D eigenvalue weighted by atomic mass is 32.1. The van der Waals surface area contributed by atoms with Gasteiger partial charge >= 0.3 is 0 Å². The van der Waals surface area contributed by atoms with Gasteiger partial charge in [-0.3, -0.25) is 4.90 Å². The summed E-state index contributed by atoms with van der Waals surface area (Å²) in [5.74, 6) is 0. The van der Waals surface area contributed by atoms with Gasteiger partial charge in [0, 0.05) is 28.9 Å². The van der Waals surface area contributed by atoms with Crippen LogP contribution >= 0.6 is 11.3 Å². The van der Waals surface area contributed by atoms with E-state index in [-0.39, 0.29) is 0 Å². The molecule has 1 aromatic heterocycles. The van der Waals surface area contributed by atoms with Crippen molar-refractivity contribution in [1.82, 2.24) is 10.2 Å². The lowest BCUT2D eigenvalue weighted by Crippen LogP contribution is -2.30. The van der Waals surface area contributed by atoms with Gasteiger partial charge in [0.15, 0.2) is 0 Å². The van der Waals surface area contributed by atoms with Crippen molar-refractivity contribution in [3.05, 3.63) is 21.9 Å². The second-order valence-electron chi connectivity index (χ2n) is 5.11. The summed E-state index contributed by atoms with van der Waals surface area (Å²) < 4.78 is 0. The van der Waals surface area contributed by atoms with Crippen LogP contribution in [0.3, 0.4) is 0 Å². The Hall–Kier alpha value is -0.380. The molecule has 2 nitrogen and oxygen atoms in total. The van der Waals surface area contributed by atoms with Crippen LogP contribution in [0.4, 0.5) is 0 Å². The van der Waals surface area contributed by atoms with E-state index < -0.39 is 0 Å². The molecule has 0 amide bonds. The molecular weight excluding hydrogens is 240 g/mol. The summed E-state index contributed by atoms with van der Waals surface area (Å²) in [6.45, 7) is 13.5. The first-order chi connectivity index (χ1) is 8.67. The zero-order valence-corrected chi connectivity index (χ0v) is 13.1. The van der Waals surface area contributed by atoms with E-state index in [4.69, 9.17) is 0 Å². The highest BCUT2D eigenvalue weighted by Crippen LogP contribution is 2.19. The van der Waals surface area contributed by atoms with Gasteiger partial charge in [0.2, 0.25) is 0 Å². The van der Waals surface area contributed by atoms with E-state index in [9.17, 15) is 0 Å². The van der Waals surface area contributed by atoms with E-state index in [1.165, 1.54) is 29.1 Å². The fourth-order valence-electron chi connectivity index (χ4n) is 2.00. The third-order valence-corrected chi connectivity index (χ3v) is 4.11. The van der Waals surface area contributed by atoms with Crippen molar-refractivity contribution in [3.63, 3.8) is 0 Å². The summed E-state index contributed by atoms with van der Waals surface area (Å²) in [6, 6.07) is 5.19. The van der Waals surface area contributed by atoms with Crippen molar-refractivity contribution < 1.29 is 0 Å². The van der Waals surface area contributed by atoms with Crippen LogP contribution in [0, 0.1) is 0 Å². The molecule has 0 saturated carbocycles. The molecule has 0 aliphatic rings. The molecule has 18 heavy (non-hydrogen) atoms. The zero-order valence-electron chi connectivity index (χ0n) is 12.3. The van der Waals surface area contributed by atoms with E-state index in [2.05, 4.69) is 50.0 Å². The van der Waals surface area contributed by atoms with Crippen molar-refractivity contribution in [3.8, 4) is 0 Å². The molecule has 0 fully saturated rings. The van der Waals surface area contributed by atoms with Crippen LogP contribution in [0.25, 0.3) is 0 Å². The van der Waals surface area contributed by atoms with Gasteiger partial charge < -0.3 is 5.32 Å². The summed E-state index contributed by atoms with van der Waals surface area (Å²) in [6.07, 6.45) is 2.43. The Balaban J connectivity index is 2.46.